The molecule has 0 aliphatic rings. The van der Waals surface area contributed by atoms with Crippen LogP contribution >= 0.6 is 11.6 Å². The third kappa shape index (κ3) is 37.7. The van der Waals surface area contributed by atoms with E-state index in [-0.39, 0.29) is 22.9 Å². The molecule has 14 rings (SSSR count). The molecule has 0 spiro atoms. The summed E-state index contributed by atoms with van der Waals surface area (Å²) in [5.74, 6) is 1.31. The van der Waals surface area contributed by atoms with Crippen LogP contribution in [0, 0.1) is 75.1 Å². The number of rotatable bonds is 13. The molecule has 0 saturated carbocycles. The molecule has 32 heteroatoms. The van der Waals surface area contributed by atoms with E-state index in [2.05, 4.69) is 87.5 Å². The van der Waals surface area contributed by atoms with Gasteiger partial charge in [0, 0.05) is 94.1 Å². The number of hydrogen-bond donors (Lipinski definition) is 14. The van der Waals surface area contributed by atoms with Crippen molar-refractivity contribution in [1.82, 2.24) is 0 Å². The van der Waals surface area contributed by atoms with E-state index < -0.39 is 69.5 Å². The standard InChI is InChI=1S/C18H17F6N.C16H13F6N.C13H13NO.C10H16N2.2C9H13N.C8H8F3N.C7H8ClN.C7H8FN.2C7H10N2/c1-10-4-6-13(8-12(10)3)16(17(19,20)21,18(22,23)24)14-7-5-11(2)15(25)9-14;1-10-4-2-5-11(8-10)14(15(17,18)19,16(20,21)22)12-6-3-7-13(23)9-12;1-10-5-7-12(8-6-10)15-13-4-2-3-11(14)9-13;1-2-8-3-9(6-11)5-10(4-8)7-12;1-2-8-3-5-9(7-10)6-4-8;1-2-8-4-3-5-9(6-8)7-10;1-5-2-6(8(9,10)11)4-7(12)3-5;1-5-2-3-6(9)4-7(5)8;3*1-5-2-3-6(8)4-7(5)9/h4-9H,25H2,1-3H3;2-9H,23H2,1H3;2-9H,14H2,1H3;3-5H,2,6-7,11-12H2,1H3;2*3-6H,2,7,10H2,1H3;2-4H,12H2,1H3;2*2-4H,9H2,1H3;2*2-4H,8-9H2,1H3. The van der Waals surface area contributed by atoms with Crippen LogP contribution < -0.4 is 85.0 Å². The maximum absolute atomic E-state index is 13.9. The summed E-state index contributed by atoms with van der Waals surface area (Å²) in [6.45, 7) is 26.3. The summed E-state index contributed by atoms with van der Waals surface area (Å²) in [6, 6.07) is 76.8. The Balaban J connectivity index is 0.000000335. The average Bonchev–Trinajstić information content (AvgIpc) is 0.731. The van der Waals surface area contributed by atoms with Gasteiger partial charge in [0.2, 0.25) is 10.8 Å². The molecule has 0 fully saturated rings. The fourth-order valence-electron chi connectivity index (χ4n) is 13.5. The zero-order valence-corrected chi connectivity index (χ0v) is 82.8. The van der Waals surface area contributed by atoms with Gasteiger partial charge in [0.1, 0.15) is 17.3 Å². The highest BCUT2D eigenvalue weighted by molar-refractivity contribution is 6.31. The first-order valence-electron chi connectivity index (χ1n) is 44.8. The van der Waals surface area contributed by atoms with E-state index in [9.17, 15) is 70.2 Å². The van der Waals surface area contributed by atoms with Crippen molar-refractivity contribution < 1.29 is 75.0 Å². The summed E-state index contributed by atoms with van der Waals surface area (Å²) in [5, 5.41) is 0.731. The molecule has 143 heavy (non-hydrogen) atoms. The molecular formula is C111H129ClF16N14O. The van der Waals surface area contributed by atoms with Crippen LogP contribution in [0.1, 0.15) is 143 Å². The third-order valence-corrected chi connectivity index (χ3v) is 22.4. The molecule has 0 aliphatic heterocycles. The molecule has 0 amide bonds. The number of benzene rings is 14. The van der Waals surface area contributed by atoms with Gasteiger partial charge in [0.25, 0.3) is 0 Å². The summed E-state index contributed by atoms with van der Waals surface area (Å²) >= 11 is 5.73. The van der Waals surface area contributed by atoms with E-state index >= 15 is 0 Å². The number of hydrogen-bond acceptors (Lipinski definition) is 15. The second-order valence-electron chi connectivity index (χ2n) is 33.4. The van der Waals surface area contributed by atoms with Gasteiger partial charge in [0.05, 0.1) is 5.56 Å². The van der Waals surface area contributed by atoms with Crippen LogP contribution in [0.15, 0.2) is 291 Å². The number of nitrogen functional groups attached to an aromatic ring is 10. The second-order valence-corrected chi connectivity index (χ2v) is 33.8. The molecule has 0 atom stereocenters. The van der Waals surface area contributed by atoms with Crippen LogP contribution in [-0.4, -0.2) is 24.7 Å². The van der Waals surface area contributed by atoms with Crippen molar-refractivity contribution in [3.63, 3.8) is 0 Å². The highest BCUT2D eigenvalue weighted by atomic mass is 35.5. The highest BCUT2D eigenvalue weighted by Gasteiger charge is 2.74. The number of aryl methyl sites for hydroxylation is 13. The van der Waals surface area contributed by atoms with Crippen molar-refractivity contribution in [2.45, 2.75) is 177 Å². The van der Waals surface area contributed by atoms with Gasteiger partial charge >= 0.3 is 30.9 Å². The minimum absolute atomic E-state index is 0.126. The summed E-state index contributed by atoms with van der Waals surface area (Å²) in [7, 11) is 0. The van der Waals surface area contributed by atoms with E-state index in [1.165, 1.54) is 108 Å². The van der Waals surface area contributed by atoms with Gasteiger partial charge in [-0.15, -0.1) is 0 Å². The van der Waals surface area contributed by atoms with Crippen LogP contribution in [0.3, 0.4) is 0 Å². The van der Waals surface area contributed by atoms with Crippen LogP contribution in [0.25, 0.3) is 0 Å². The van der Waals surface area contributed by atoms with Crippen molar-refractivity contribution in [3.8, 4) is 11.5 Å². The van der Waals surface area contributed by atoms with E-state index in [1.807, 2.05) is 113 Å². The Morgan fingerprint density at radius 3 is 0.986 bits per heavy atom. The zero-order valence-electron chi connectivity index (χ0n) is 82.1. The predicted octanol–water partition coefficient (Wildman–Crippen LogP) is 27.4. The lowest BCUT2D eigenvalue weighted by molar-refractivity contribution is -0.290. The van der Waals surface area contributed by atoms with E-state index in [4.69, 9.17) is 96.6 Å². The zero-order chi connectivity index (χ0) is 108. The first-order valence-corrected chi connectivity index (χ1v) is 45.2. The molecular weight excluding hydrogens is 1880 g/mol. The molecule has 0 unspecified atom stereocenters. The molecule has 14 aromatic rings. The van der Waals surface area contributed by atoms with Gasteiger partial charge in [-0.05, 0) is 303 Å². The number of ether oxygens (including phenoxy) is 1. The van der Waals surface area contributed by atoms with Gasteiger partial charge in [-0.25, -0.2) is 4.39 Å². The van der Waals surface area contributed by atoms with Gasteiger partial charge in [-0.3, -0.25) is 0 Å². The third-order valence-electron chi connectivity index (χ3n) is 22.0. The lowest BCUT2D eigenvalue weighted by atomic mass is 9.72. The van der Waals surface area contributed by atoms with Crippen LogP contribution in [-0.2, 0) is 62.4 Å². The first kappa shape index (κ1) is 121. The van der Waals surface area contributed by atoms with Crippen molar-refractivity contribution in [1.29, 1.82) is 0 Å². The van der Waals surface area contributed by atoms with Crippen molar-refractivity contribution in [2.24, 2.45) is 22.9 Å². The monoisotopic (exact) mass is 2010 g/mol. The SMILES string of the molecule is CCc1cc(CN)cc(CN)c1.CCc1ccc(CN)cc1.CCc1cccc(CN)c1.Cc1cc(N)cc(C(F)(F)F)c1.Cc1ccc(C(c2ccc(C)c(N)c2)(C(F)(F)F)C(F)(F)F)cc1C.Cc1ccc(F)cc1N.Cc1ccc(N)cc1Cl.Cc1ccc(N)cc1N.Cc1ccc(N)cc1N.Cc1ccc(Oc2cccc(N)c2)cc1.Cc1cccc(C(c2cccc(N)c2)(C(F)(F)F)C(F)(F)F)c1. The lowest BCUT2D eigenvalue weighted by Gasteiger charge is -2.38. The summed E-state index contributed by atoms with van der Waals surface area (Å²) in [4.78, 5) is 0. The normalized spacial score (nSPS) is 11.1. The maximum atomic E-state index is 13.9. The summed E-state index contributed by atoms with van der Waals surface area (Å²) < 4.78 is 220. The smallest absolute Gasteiger partial charge is 0.416 e. The first-order chi connectivity index (χ1) is 66.8. The fraction of sp³-hybridized carbons (Fsp3) is 0.243. The van der Waals surface area contributed by atoms with E-state index in [0.29, 0.717) is 77.1 Å². The van der Waals surface area contributed by atoms with Gasteiger partial charge in [-0.1, -0.05) is 219 Å². The topological polar surface area (TPSA) is 374 Å². The molecule has 0 saturated heterocycles. The van der Waals surface area contributed by atoms with E-state index in [1.54, 1.807) is 44.2 Å². The maximum Gasteiger partial charge on any atom is 0.416 e. The molecule has 0 heterocycles. The predicted molar refractivity (Wildman–Crippen MR) is 557 cm³/mol. The number of nitrogens with two attached hydrogens (primary N) is 14. The van der Waals surface area contributed by atoms with Crippen LogP contribution in [0.4, 0.5) is 127 Å². The van der Waals surface area contributed by atoms with Crippen LogP contribution in [0.5, 0.6) is 11.5 Å². The molecule has 0 radical (unpaired) electrons. The van der Waals surface area contributed by atoms with Crippen molar-refractivity contribution in [3.05, 3.63) is 424 Å². The Bertz CT molecular complexity index is 5860. The number of halogens is 17. The van der Waals surface area contributed by atoms with Gasteiger partial charge < -0.3 is 85.0 Å². The second kappa shape index (κ2) is 55.9. The van der Waals surface area contributed by atoms with Gasteiger partial charge in [0.15, 0.2) is 0 Å². The number of anilines is 10. The quantitative estimate of drug-likeness (QED) is 0.0377. The fourth-order valence-corrected chi connectivity index (χ4v) is 13.7. The van der Waals surface area contributed by atoms with Crippen molar-refractivity contribution in [2.75, 3.05) is 57.3 Å². The van der Waals surface area contributed by atoms with Crippen molar-refractivity contribution >= 4 is 68.5 Å². The molecule has 0 aromatic heterocycles. The Hall–Kier alpha value is -14.1. The molecule has 768 valence electrons. The molecule has 14 aromatic carbocycles. The summed E-state index contributed by atoms with van der Waals surface area (Å²) in [6.07, 6.45) is -23.5. The minimum Gasteiger partial charge on any atom is -0.457 e. The molecule has 0 bridgehead atoms. The van der Waals surface area contributed by atoms with Gasteiger partial charge in [-0.2, -0.15) is 65.9 Å². The summed E-state index contributed by atoms with van der Waals surface area (Å²) in [5.41, 5.74) is 85.2. The Kier molecular flexibility index (Phi) is 47.4. The Morgan fingerprint density at radius 2 is 0.594 bits per heavy atom. The number of alkyl halides is 15. The lowest BCUT2D eigenvalue weighted by Crippen LogP contribution is -2.54. The molecule has 28 N–H and O–H groups in total. The molecule has 0 aliphatic carbocycles. The average molecular weight is 2010 g/mol. The minimum atomic E-state index is -5.60. The van der Waals surface area contributed by atoms with E-state index in [0.717, 1.165) is 148 Å². The molecule has 15 nitrogen and oxygen atoms in total. The Labute approximate surface area is 832 Å². The largest absolute Gasteiger partial charge is 0.457 e. The van der Waals surface area contributed by atoms with Crippen LogP contribution in [0.2, 0.25) is 5.02 Å². The Morgan fingerprint density at radius 1 is 0.238 bits per heavy atom. The highest BCUT2D eigenvalue weighted by Crippen LogP contribution is 2.58.